The zero-order chi connectivity index (χ0) is 13.7. The SMILES string of the molecule is COCCC(C)Nc1nc(Cl)nc(-n2cncn2)n1. The van der Waals surface area contributed by atoms with Crippen LogP contribution in [-0.2, 0) is 4.74 Å². The molecule has 9 heteroatoms. The smallest absolute Gasteiger partial charge is 0.258 e. The Balaban J connectivity index is 2.13. The van der Waals surface area contributed by atoms with Crippen LogP contribution in [0.3, 0.4) is 0 Å². The van der Waals surface area contributed by atoms with Gasteiger partial charge in [0.2, 0.25) is 11.2 Å². The maximum absolute atomic E-state index is 5.87. The molecule has 0 spiro atoms. The fraction of sp³-hybridized carbons (Fsp3) is 0.500. The molecule has 0 aliphatic carbocycles. The summed E-state index contributed by atoms with van der Waals surface area (Å²) in [5.74, 6) is 0.716. The van der Waals surface area contributed by atoms with E-state index in [9.17, 15) is 0 Å². The van der Waals surface area contributed by atoms with Crippen molar-refractivity contribution in [2.24, 2.45) is 0 Å². The lowest BCUT2D eigenvalue weighted by Gasteiger charge is -2.13. The van der Waals surface area contributed by atoms with E-state index in [4.69, 9.17) is 16.3 Å². The molecule has 1 atom stereocenters. The molecule has 0 saturated carbocycles. The number of anilines is 1. The van der Waals surface area contributed by atoms with E-state index in [1.165, 1.54) is 17.3 Å². The first-order valence-corrected chi connectivity index (χ1v) is 6.09. The van der Waals surface area contributed by atoms with Gasteiger partial charge < -0.3 is 10.1 Å². The van der Waals surface area contributed by atoms with Crippen LogP contribution in [0.25, 0.3) is 5.95 Å². The molecule has 0 amide bonds. The van der Waals surface area contributed by atoms with Crippen LogP contribution in [0, 0.1) is 0 Å². The quantitative estimate of drug-likeness (QED) is 0.843. The Morgan fingerprint density at radius 1 is 1.42 bits per heavy atom. The van der Waals surface area contributed by atoms with Gasteiger partial charge in [0.15, 0.2) is 0 Å². The highest BCUT2D eigenvalue weighted by molar-refractivity contribution is 6.28. The van der Waals surface area contributed by atoms with E-state index < -0.39 is 0 Å². The highest BCUT2D eigenvalue weighted by Gasteiger charge is 2.09. The standard InChI is InChI=1S/C10H14ClN7O/c1-7(3-4-19-2)14-9-15-8(11)16-10(17-9)18-6-12-5-13-18/h5-7H,3-4H2,1-2H3,(H,14,15,16,17). The maximum Gasteiger partial charge on any atom is 0.258 e. The van der Waals surface area contributed by atoms with Crippen LogP contribution in [0.5, 0.6) is 0 Å². The molecule has 0 saturated heterocycles. The number of aromatic nitrogens is 6. The summed E-state index contributed by atoms with van der Waals surface area (Å²) in [5.41, 5.74) is 0. The normalized spacial score (nSPS) is 12.4. The Morgan fingerprint density at radius 2 is 2.26 bits per heavy atom. The predicted molar refractivity (Wildman–Crippen MR) is 69.3 cm³/mol. The van der Waals surface area contributed by atoms with Crippen molar-refractivity contribution in [3.05, 3.63) is 17.9 Å². The average Bonchev–Trinajstić information content (AvgIpc) is 2.89. The molecular weight excluding hydrogens is 270 g/mol. The summed E-state index contributed by atoms with van der Waals surface area (Å²) in [4.78, 5) is 16.1. The Labute approximate surface area is 115 Å². The fourth-order valence-corrected chi connectivity index (χ4v) is 1.56. The Hall–Kier alpha value is -1.80. The summed E-state index contributed by atoms with van der Waals surface area (Å²) in [6.45, 7) is 2.66. The van der Waals surface area contributed by atoms with Crippen LogP contribution in [0.1, 0.15) is 13.3 Å². The minimum Gasteiger partial charge on any atom is -0.385 e. The molecule has 1 N–H and O–H groups in total. The zero-order valence-electron chi connectivity index (χ0n) is 10.6. The lowest BCUT2D eigenvalue weighted by Crippen LogP contribution is -2.20. The second-order valence-corrected chi connectivity index (χ2v) is 4.23. The number of nitrogens with zero attached hydrogens (tertiary/aromatic N) is 6. The Kier molecular flexibility index (Phi) is 4.58. The lowest BCUT2D eigenvalue weighted by molar-refractivity contribution is 0.191. The molecule has 2 heterocycles. The van der Waals surface area contributed by atoms with Gasteiger partial charge in [-0.1, -0.05) is 0 Å². The molecule has 0 fully saturated rings. The van der Waals surface area contributed by atoms with Gasteiger partial charge in [0.25, 0.3) is 5.95 Å². The third kappa shape index (κ3) is 3.83. The molecule has 0 radical (unpaired) electrons. The van der Waals surface area contributed by atoms with Crippen molar-refractivity contribution in [2.45, 2.75) is 19.4 Å². The van der Waals surface area contributed by atoms with Gasteiger partial charge in [-0.2, -0.15) is 24.7 Å². The van der Waals surface area contributed by atoms with Crippen molar-refractivity contribution < 1.29 is 4.74 Å². The summed E-state index contributed by atoms with van der Waals surface area (Å²) >= 11 is 5.87. The second kappa shape index (κ2) is 6.39. The van der Waals surface area contributed by atoms with E-state index in [1.807, 2.05) is 6.92 Å². The van der Waals surface area contributed by atoms with Crippen molar-refractivity contribution in [1.29, 1.82) is 0 Å². The molecular formula is C10H14ClN7O. The highest BCUT2D eigenvalue weighted by Crippen LogP contribution is 2.10. The van der Waals surface area contributed by atoms with Gasteiger partial charge in [0.1, 0.15) is 12.7 Å². The van der Waals surface area contributed by atoms with Gasteiger partial charge in [-0.3, -0.25) is 0 Å². The number of ether oxygens (including phenoxy) is 1. The summed E-state index contributed by atoms with van der Waals surface area (Å²) < 4.78 is 6.43. The van der Waals surface area contributed by atoms with Crippen LogP contribution >= 0.6 is 11.6 Å². The highest BCUT2D eigenvalue weighted by atomic mass is 35.5. The molecule has 2 aromatic heterocycles. The minimum atomic E-state index is 0.0990. The van der Waals surface area contributed by atoms with Crippen molar-refractivity contribution in [3.63, 3.8) is 0 Å². The molecule has 0 aromatic carbocycles. The van der Waals surface area contributed by atoms with E-state index in [-0.39, 0.29) is 11.3 Å². The molecule has 0 aliphatic rings. The maximum atomic E-state index is 5.87. The molecule has 1 unspecified atom stereocenters. The van der Waals surface area contributed by atoms with E-state index in [2.05, 4.69) is 30.4 Å². The number of methoxy groups -OCH3 is 1. The minimum absolute atomic E-state index is 0.0990. The molecule has 8 nitrogen and oxygen atoms in total. The second-order valence-electron chi connectivity index (χ2n) is 3.89. The summed E-state index contributed by atoms with van der Waals surface area (Å²) in [7, 11) is 1.66. The van der Waals surface area contributed by atoms with Gasteiger partial charge in [-0.05, 0) is 24.9 Å². The monoisotopic (exact) mass is 283 g/mol. The molecule has 2 rings (SSSR count). The number of hydrogen-bond acceptors (Lipinski definition) is 7. The van der Waals surface area contributed by atoms with Crippen molar-refractivity contribution >= 4 is 17.5 Å². The first-order chi connectivity index (χ1) is 9.19. The topological polar surface area (TPSA) is 90.6 Å². The third-order valence-electron chi connectivity index (χ3n) is 2.35. The van der Waals surface area contributed by atoms with Crippen LogP contribution in [-0.4, -0.2) is 49.5 Å². The van der Waals surface area contributed by atoms with Crippen LogP contribution in [0.4, 0.5) is 5.95 Å². The van der Waals surface area contributed by atoms with Gasteiger partial charge in [-0.25, -0.2) is 4.98 Å². The van der Waals surface area contributed by atoms with Crippen LogP contribution < -0.4 is 5.32 Å². The average molecular weight is 284 g/mol. The number of nitrogens with one attached hydrogen (secondary N) is 1. The molecule has 2 aromatic rings. The molecule has 102 valence electrons. The molecule has 0 aliphatic heterocycles. The lowest BCUT2D eigenvalue weighted by atomic mass is 10.2. The van der Waals surface area contributed by atoms with Crippen LogP contribution in [0.2, 0.25) is 5.28 Å². The third-order valence-corrected chi connectivity index (χ3v) is 2.52. The first-order valence-electron chi connectivity index (χ1n) is 5.71. The van der Waals surface area contributed by atoms with Crippen LogP contribution in [0.15, 0.2) is 12.7 Å². The van der Waals surface area contributed by atoms with E-state index in [1.54, 1.807) is 7.11 Å². The molecule has 0 bridgehead atoms. The Morgan fingerprint density at radius 3 is 2.95 bits per heavy atom. The fourth-order valence-electron chi connectivity index (χ4n) is 1.41. The number of halogens is 1. The van der Waals surface area contributed by atoms with Gasteiger partial charge >= 0.3 is 0 Å². The van der Waals surface area contributed by atoms with Crippen molar-refractivity contribution in [1.82, 2.24) is 29.7 Å². The summed E-state index contributed by atoms with van der Waals surface area (Å²) in [6.07, 6.45) is 3.72. The van der Waals surface area contributed by atoms with Gasteiger partial charge in [0, 0.05) is 19.8 Å². The summed E-state index contributed by atoms with van der Waals surface area (Å²) in [5, 5.41) is 7.17. The van der Waals surface area contributed by atoms with Gasteiger partial charge in [-0.15, -0.1) is 0 Å². The number of hydrogen-bond donors (Lipinski definition) is 1. The van der Waals surface area contributed by atoms with E-state index in [0.717, 1.165) is 6.42 Å². The largest absolute Gasteiger partial charge is 0.385 e. The summed E-state index contributed by atoms with van der Waals surface area (Å²) in [6, 6.07) is 0.155. The van der Waals surface area contributed by atoms with Gasteiger partial charge in [0.05, 0.1) is 0 Å². The zero-order valence-corrected chi connectivity index (χ0v) is 11.4. The molecule has 19 heavy (non-hydrogen) atoms. The Bertz CT molecular complexity index is 519. The first kappa shape index (κ1) is 13.6. The van der Waals surface area contributed by atoms with E-state index >= 15 is 0 Å². The van der Waals surface area contributed by atoms with Crippen molar-refractivity contribution in [3.8, 4) is 5.95 Å². The van der Waals surface area contributed by atoms with Crippen molar-refractivity contribution in [2.75, 3.05) is 19.0 Å². The van der Waals surface area contributed by atoms with E-state index in [0.29, 0.717) is 18.5 Å². The number of rotatable bonds is 6. The predicted octanol–water partition coefficient (Wildman–Crippen LogP) is 0.943.